The van der Waals surface area contributed by atoms with Crippen LogP contribution in [0, 0.1) is 0 Å². The number of urea groups is 1. The van der Waals surface area contributed by atoms with Crippen LogP contribution in [0.3, 0.4) is 0 Å². The number of nitrogens with zero attached hydrogens (tertiary/aromatic N) is 2. The highest BCUT2D eigenvalue weighted by Gasteiger charge is 2.17. The van der Waals surface area contributed by atoms with Gasteiger partial charge in [-0.05, 0) is 12.0 Å². The molecule has 0 atom stereocenters. The van der Waals surface area contributed by atoms with Gasteiger partial charge in [0.2, 0.25) is 5.91 Å². The molecule has 0 aliphatic heterocycles. The van der Waals surface area contributed by atoms with Crippen LogP contribution in [-0.4, -0.2) is 35.1 Å². The first-order valence-electron chi connectivity index (χ1n) is 8.96. The molecule has 2 aromatic rings. The predicted molar refractivity (Wildman–Crippen MR) is 99.5 cm³/mol. The number of hydrogen-bond donors (Lipinski definition) is 2. The number of hydrogen-bond acceptors (Lipinski definition) is 4. The van der Waals surface area contributed by atoms with E-state index in [9.17, 15) is 9.59 Å². The summed E-state index contributed by atoms with van der Waals surface area (Å²) in [7, 11) is 0. The van der Waals surface area contributed by atoms with E-state index in [0.29, 0.717) is 18.9 Å². The molecule has 2 rings (SSSR count). The second kappa shape index (κ2) is 10.9. The summed E-state index contributed by atoms with van der Waals surface area (Å²) in [6.07, 6.45) is 5.51. The van der Waals surface area contributed by atoms with Crippen LogP contribution >= 0.6 is 0 Å². The van der Waals surface area contributed by atoms with Gasteiger partial charge in [-0.2, -0.15) is 0 Å². The van der Waals surface area contributed by atoms with Crippen LogP contribution in [0.4, 0.5) is 10.6 Å². The number of benzene rings is 1. The number of anilines is 1. The van der Waals surface area contributed by atoms with Crippen LogP contribution in [0.15, 0.2) is 47.2 Å². The van der Waals surface area contributed by atoms with Crippen molar-refractivity contribution in [3.8, 4) is 0 Å². The quantitative estimate of drug-likeness (QED) is 0.637. The molecule has 1 heterocycles. The molecule has 7 heteroatoms. The van der Waals surface area contributed by atoms with E-state index >= 15 is 0 Å². The Hall–Kier alpha value is -2.83. The van der Waals surface area contributed by atoms with Crippen molar-refractivity contribution in [1.82, 2.24) is 15.4 Å². The van der Waals surface area contributed by atoms with Gasteiger partial charge in [0.1, 0.15) is 12.8 Å². The fourth-order valence-corrected chi connectivity index (χ4v) is 2.50. The molecule has 26 heavy (non-hydrogen) atoms. The van der Waals surface area contributed by atoms with Crippen LogP contribution in [0.1, 0.15) is 38.2 Å². The lowest BCUT2D eigenvalue weighted by Crippen LogP contribution is -2.44. The average Bonchev–Trinajstić information content (AvgIpc) is 3.16. The van der Waals surface area contributed by atoms with Crippen molar-refractivity contribution in [2.45, 2.75) is 39.2 Å². The van der Waals surface area contributed by atoms with E-state index in [1.54, 1.807) is 6.07 Å². The Morgan fingerprint density at radius 1 is 1.12 bits per heavy atom. The first-order chi connectivity index (χ1) is 12.7. The summed E-state index contributed by atoms with van der Waals surface area (Å²) < 4.78 is 4.69. The second-order valence-electron chi connectivity index (χ2n) is 6.06. The third-order valence-electron chi connectivity index (χ3n) is 3.90. The standard InChI is InChI=1S/C19H26N4O3/c1-2-3-4-8-12-23(15-18(24)21-17-11-13-26-22-17)19(25)20-14-16-9-6-5-7-10-16/h5-7,9-11,13H,2-4,8,12,14-15H2,1H3,(H,20,25)(H,21,22,24). The Balaban J connectivity index is 1.88. The molecule has 2 N–H and O–H groups in total. The normalized spacial score (nSPS) is 10.3. The molecule has 0 aliphatic rings. The fraction of sp³-hybridized carbons (Fsp3) is 0.421. The molecule has 0 unspecified atom stereocenters. The molecule has 0 bridgehead atoms. The maximum Gasteiger partial charge on any atom is 0.318 e. The minimum absolute atomic E-state index is 0.0282. The highest BCUT2D eigenvalue weighted by atomic mass is 16.5. The molecular formula is C19H26N4O3. The zero-order chi connectivity index (χ0) is 18.6. The third-order valence-corrected chi connectivity index (χ3v) is 3.90. The van der Waals surface area contributed by atoms with Gasteiger partial charge in [-0.15, -0.1) is 0 Å². The van der Waals surface area contributed by atoms with Crippen LogP contribution in [-0.2, 0) is 11.3 Å². The maximum atomic E-state index is 12.5. The number of unbranched alkanes of at least 4 members (excludes halogenated alkanes) is 3. The lowest BCUT2D eigenvalue weighted by atomic mass is 10.2. The molecule has 1 aromatic heterocycles. The van der Waals surface area contributed by atoms with E-state index < -0.39 is 0 Å². The monoisotopic (exact) mass is 358 g/mol. The number of nitrogens with one attached hydrogen (secondary N) is 2. The van der Waals surface area contributed by atoms with Gasteiger partial charge in [-0.3, -0.25) is 4.79 Å². The summed E-state index contributed by atoms with van der Waals surface area (Å²) in [5, 5.41) is 9.14. The molecule has 0 saturated heterocycles. The van der Waals surface area contributed by atoms with Gasteiger partial charge in [0.05, 0.1) is 0 Å². The van der Waals surface area contributed by atoms with E-state index in [2.05, 4.69) is 27.2 Å². The Morgan fingerprint density at radius 3 is 2.62 bits per heavy atom. The Kier molecular flexibility index (Phi) is 8.18. The summed E-state index contributed by atoms with van der Waals surface area (Å²) in [6, 6.07) is 11.0. The van der Waals surface area contributed by atoms with Crippen molar-refractivity contribution >= 4 is 17.8 Å². The van der Waals surface area contributed by atoms with Crippen LogP contribution in [0.25, 0.3) is 0 Å². The SMILES string of the molecule is CCCCCCN(CC(=O)Nc1ccon1)C(=O)NCc1ccccc1. The van der Waals surface area contributed by atoms with Crippen LogP contribution in [0.2, 0.25) is 0 Å². The largest absolute Gasteiger partial charge is 0.363 e. The molecule has 7 nitrogen and oxygen atoms in total. The van der Waals surface area contributed by atoms with Crippen molar-refractivity contribution in [3.63, 3.8) is 0 Å². The van der Waals surface area contributed by atoms with E-state index in [1.807, 2.05) is 30.3 Å². The van der Waals surface area contributed by atoms with E-state index in [-0.39, 0.29) is 18.5 Å². The molecule has 0 spiro atoms. The Labute approximate surface area is 153 Å². The second-order valence-corrected chi connectivity index (χ2v) is 6.06. The fourth-order valence-electron chi connectivity index (χ4n) is 2.50. The van der Waals surface area contributed by atoms with Gasteiger partial charge >= 0.3 is 6.03 Å². The Bertz CT molecular complexity index is 659. The molecule has 0 fully saturated rings. The van der Waals surface area contributed by atoms with Gasteiger partial charge in [-0.25, -0.2) is 4.79 Å². The minimum atomic E-state index is -0.302. The number of rotatable bonds is 10. The van der Waals surface area contributed by atoms with E-state index in [0.717, 1.165) is 31.2 Å². The first-order valence-corrected chi connectivity index (χ1v) is 8.96. The minimum Gasteiger partial charge on any atom is -0.363 e. The summed E-state index contributed by atoms with van der Waals surface area (Å²) in [5.74, 6) is 0.0369. The van der Waals surface area contributed by atoms with Crippen LogP contribution < -0.4 is 10.6 Å². The van der Waals surface area contributed by atoms with E-state index in [4.69, 9.17) is 0 Å². The molecule has 3 amide bonds. The lowest BCUT2D eigenvalue weighted by molar-refractivity contribution is -0.116. The average molecular weight is 358 g/mol. The molecule has 0 radical (unpaired) electrons. The third kappa shape index (κ3) is 6.96. The lowest BCUT2D eigenvalue weighted by Gasteiger charge is -2.22. The summed E-state index contributed by atoms with van der Waals surface area (Å²) in [4.78, 5) is 26.2. The summed E-state index contributed by atoms with van der Waals surface area (Å²) in [5.41, 5.74) is 1.01. The number of carbonyl (C=O) groups excluding carboxylic acids is 2. The van der Waals surface area contributed by atoms with Gasteiger partial charge in [0.25, 0.3) is 0 Å². The van der Waals surface area contributed by atoms with Crippen molar-refractivity contribution in [3.05, 3.63) is 48.2 Å². The van der Waals surface area contributed by atoms with Gasteiger partial charge in [0, 0.05) is 19.2 Å². The van der Waals surface area contributed by atoms with Gasteiger partial charge in [-0.1, -0.05) is 61.7 Å². The molecule has 0 saturated carbocycles. The molecular weight excluding hydrogens is 332 g/mol. The first kappa shape index (κ1) is 19.5. The zero-order valence-electron chi connectivity index (χ0n) is 15.1. The maximum absolute atomic E-state index is 12.5. The number of aromatic nitrogens is 1. The molecule has 140 valence electrons. The summed E-state index contributed by atoms with van der Waals surface area (Å²) in [6.45, 7) is 3.07. The number of carbonyl (C=O) groups is 2. The topological polar surface area (TPSA) is 87.5 Å². The van der Waals surface area contributed by atoms with Gasteiger partial charge in [0.15, 0.2) is 5.82 Å². The zero-order valence-corrected chi connectivity index (χ0v) is 15.1. The van der Waals surface area contributed by atoms with Crippen molar-refractivity contribution in [1.29, 1.82) is 0 Å². The van der Waals surface area contributed by atoms with Gasteiger partial charge < -0.3 is 20.1 Å². The van der Waals surface area contributed by atoms with E-state index in [1.165, 1.54) is 11.2 Å². The van der Waals surface area contributed by atoms with Crippen molar-refractivity contribution < 1.29 is 14.1 Å². The predicted octanol–water partition coefficient (Wildman–Crippen LogP) is 3.41. The molecule has 1 aromatic carbocycles. The molecule has 0 aliphatic carbocycles. The highest BCUT2D eigenvalue weighted by molar-refractivity contribution is 5.93. The van der Waals surface area contributed by atoms with Crippen molar-refractivity contribution in [2.75, 3.05) is 18.4 Å². The smallest absolute Gasteiger partial charge is 0.318 e. The van der Waals surface area contributed by atoms with Crippen molar-refractivity contribution in [2.24, 2.45) is 0 Å². The Morgan fingerprint density at radius 2 is 1.92 bits per heavy atom. The highest BCUT2D eigenvalue weighted by Crippen LogP contribution is 2.05. The summed E-state index contributed by atoms with van der Waals surface area (Å²) >= 11 is 0. The van der Waals surface area contributed by atoms with Crippen LogP contribution in [0.5, 0.6) is 0 Å². The number of amides is 3.